The van der Waals surface area contributed by atoms with Crippen LogP contribution in [-0.4, -0.2) is 34.6 Å². The molecule has 0 heterocycles. The van der Waals surface area contributed by atoms with Gasteiger partial charge in [0.05, 0.1) is 10.6 Å². The lowest BCUT2D eigenvalue weighted by Crippen LogP contribution is -2.26. The number of benzene rings is 4. The van der Waals surface area contributed by atoms with Crippen LogP contribution in [0.5, 0.6) is 11.5 Å². The van der Waals surface area contributed by atoms with E-state index in [9.17, 15) is 13.2 Å². The molecule has 0 aliphatic heterocycles. The van der Waals surface area contributed by atoms with E-state index in [2.05, 4.69) is 5.32 Å². The lowest BCUT2D eigenvalue weighted by atomic mass is 10.2. The second kappa shape index (κ2) is 11.4. The van der Waals surface area contributed by atoms with Gasteiger partial charge in [0, 0.05) is 18.3 Å². The van der Waals surface area contributed by atoms with Crippen molar-refractivity contribution in [3.63, 3.8) is 0 Å². The molecule has 1 amide bonds. The van der Waals surface area contributed by atoms with Crippen molar-refractivity contribution in [2.24, 2.45) is 0 Å². The highest BCUT2D eigenvalue weighted by Gasteiger charge is 2.21. The topological polar surface area (TPSA) is 84.9 Å². The molecule has 4 aromatic rings. The quantitative estimate of drug-likeness (QED) is 0.301. The number of nitrogens with zero attached hydrogens (tertiary/aromatic N) is 1. The smallest absolute Gasteiger partial charge is 0.264 e. The van der Waals surface area contributed by atoms with E-state index < -0.39 is 10.0 Å². The first kappa shape index (κ1) is 24.8. The predicted octanol–water partition coefficient (Wildman–Crippen LogP) is 5.22. The second-order valence-corrected chi connectivity index (χ2v) is 9.79. The number of rotatable bonds is 10. The zero-order valence-electron chi connectivity index (χ0n) is 19.7. The normalized spacial score (nSPS) is 10.9. The molecule has 0 aromatic heterocycles. The van der Waals surface area contributed by atoms with Gasteiger partial charge in [-0.3, -0.25) is 9.10 Å². The number of hydrogen-bond donors (Lipinski definition) is 1. The standard InChI is InChI=1S/C28H26N2O5S/c1-30(24-10-4-2-5-11-24)36(32,33)27-17-15-23(16-18-27)29-28(31)22-9-8-14-26(21-22)35-20-19-34-25-12-6-3-7-13-25/h2-18,21H,19-20H2,1H3,(H,29,31). The minimum absolute atomic E-state index is 0.125. The van der Waals surface area contributed by atoms with Gasteiger partial charge < -0.3 is 14.8 Å². The average molecular weight is 503 g/mol. The first-order chi connectivity index (χ1) is 17.4. The van der Waals surface area contributed by atoms with Gasteiger partial charge in [0.2, 0.25) is 0 Å². The van der Waals surface area contributed by atoms with Gasteiger partial charge in [-0.2, -0.15) is 0 Å². The maximum absolute atomic E-state index is 12.9. The fourth-order valence-corrected chi connectivity index (χ4v) is 4.61. The molecule has 0 radical (unpaired) electrons. The minimum atomic E-state index is -3.73. The SMILES string of the molecule is CN(c1ccccc1)S(=O)(=O)c1ccc(NC(=O)c2cccc(OCCOc3ccccc3)c2)cc1. The molecule has 4 rings (SSSR count). The highest BCUT2D eigenvalue weighted by molar-refractivity contribution is 7.92. The molecule has 7 nitrogen and oxygen atoms in total. The molecule has 4 aromatic carbocycles. The van der Waals surface area contributed by atoms with Gasteiger partial charge in [-0.05, 0) is 66.7 Å². The van der Waals surface area contributed by atoms with Gasteiger partial charge in [-0.15, -0.1) is 0 Å². The van der Waals surface area contributed by atoms with Crippen LogP contribution >= 0.6 is 0 Å². The van der Waals surface area contributed by atoms with Crippen molar-refractivity contribution >= 4 is 27.3 Å². The Labute approximate surface area is 211 Å². The summed E-state index contributed by atoms with van der Waals surface area (Å²) in [5, 5.41) is 2.79. The van der Waals surface area contributed by atoms with E-state index in [1.54, 1.807) is 60.7 Å². The Morgan fingerprint density at radius 2 is 1.33 bits per heavy atom. The molecule has 0 fully saturated rings. The molecule has 1 N–H and O–H groups in total. The summed E-state index contributed by atoms with van der Waals surface area (Å²) in [6.45, 7) is 0.697. The summed E-state index contributed by atoms with van der Waals surface area (Å²) in [6.07, 6.45) is 0. The summed E-state index contributed by atoms with van der Waals surface area (Å²) in [5.41, 5.74) is 1.45. The molecule has 0 spiro atoms. The molecule has 184 valence electrons. The van der Waals surface area contributed by atoms with Gasteiger partial charge >= 0.3 is 0 Å². The first-order valence-corrected chi connectivity index (χ1v) is 12.7. The number of nitrogens with one attached hydrogen (secondary N) is 1. The van der Waals surface area contributed by atoms with Crippen molar-refractivity contribution in [3.05, 3.63) is 115 Å². The molecule has 0 atom stereocenters. The summed E-state index contributed by atoms with van der Waals surface area (Å²) in [5.74, 6) is 0.974. The zero-order chi connectivity index (χ0) is 25.4. The number of ether oxygens (including phenoxy) is 2. The van der Waals surface area contributed by atoms with Crippen molar-refractivity contribution in [3.8, 4) is 11.5 Å². The van der Waals surface area contributed by atoms with E-state index in [1.807, 2.05) is 36.4 Å². The highest BCUT2D eigenvalue weighted by atomic mass is 32.2. The van der Waals surface area contributed by atoms with Crippen LogP contribution in [-0.2, 0) is 10.0 Å². The summed E-state index contributed by atoms with van der Waals surface area (Å²) < 4.78 is 38.4. The van der Waals surface area contributed by atoms with E-state index in [1.165, 1.54) is 23.5 Å². The maximum Gasteiger partial charge on any atom is 0.264 e. The summed E-state index contributed by atoms with van der Waals surface area (Å²) >= 11 is 0. The average Bonchev–Trinajstić information content (AvgIpc) is 2.92. The number of carbonyl (C=O) groups is 1. The van der Waals surface area contributed by atoms with Crippen LogP contribution in [0.3, 0.4) is 0 Å². The van der Waals surface area contributed by atoms with E-state index in [0.29, 0.717) is 35.9 Å². The zero-order valence-corrected chi connectivity index (χ0v) is 20.5. The first-order valence-electron chi connectivity index (χ1n) is 11.3. The predicted molar refractivity (Wildman–Crippen MR) is 140 cm³/mol. The van der Waals surface area contributed by atoms with Crippen LogP contribution in [0, 0.1) is 0 Å². The van der Waals surface area contributed by atoms with Gasteiger partial charge in [0.15, 0.2) is 0 Å². The molecule has 0 unspecified atom stereocenters. The number of sulfonamides is 1. The Morgan fingerprint density at radius 1 is 0.750 bits per heavy atom. The van der Waals surface area contributed by atoms with E-state index >= 15 is 0 Å². The lowest BCUT2D eigenvalue weighted by Gasteiger charge is -2.19. The Morgan fingerprint density at radius 3 is 2.00 bits per heavy atom. The molecule has 0 saturated heterocycles. The summed E-state index contributed by atoms with van der Waals surface area (Å²) in [4.78, 5) is 12.9. The third-order valence-corrected chi connectivity index (χ3v) is 7.15. The second-order valence-electron chi connectivity index (χ2n) is 7.82. The van der Waals surface area contributed by atoms with Crippen molar-refractivity contribution < 1.29 is 22.7 Å². The van der Waals surface area contributed by atoms with Crippen molar-refractivity contribution in [2.75, 3.05) is 29.9 Å². The van der Waals surface area contributed by atoms with E-state index in [4.69, 9.17) is 9.47 Å². The van der Waals surface area contributed by atoms with Crippen LogP contribution in [0.1, 0.15) is 10.4 Å². The highest BCUT2D eigenvalue weighted by Crippen LogP contribution is 2.23. The van der Waals surface area contributed by atoms with Crippen LogP contribution in [0.15, 0.2) is 114 Å². The largest absolute Gasteiger partial charge is 0.490 e. The van der Waals surface area contributed by atoms with Crippen molar-refractivity contribution in [2.45, 2.75) is 4.90 Å². The van der Waals surface area contributed by atoms with Crippen molar-refractivity contribution in [1.82, 2.24) is 0 Å². The van der Waals surface area contributed by atoms with Crippen LogP contribution < -0.4 is 19.1 Å². The van der Waals surface area contributed by atoms with E-state index in [-0.39, 0.29) is 10.8 Å². The van der Waals surface area contributed by atoms with E-state index in [0.717, 1.165) is 5.75 Å². The van der Waals surface area contributed by atoms with Crippen molar-refractivity contribution in [1.29, 1.82) is 0 Å². The summed E-state index contributed by atoms with van der Waals surface area (Å²) in [7, 11) is -2.23. The van der Waals surface area contributed by atoms with Gasteiger partial charge in [-0.1, -0.05) is 42.5 Å². The molecular formula is C28H26N2O5S. The van der Waals surface area contributed by atoms with Crippen LogP contribution in [0.25, 0.3) is 0 Å². The Balaban J connectivity index is 1.34. The third-order valence-electron chi connectivity index (χ3n) is 5.35. The maximum atomic E-state index is 12.9. The van der Waals surface area contributed by atoms with Crippen LogP contribution in [0.4, 0.5) is 11.4 Å². The number of hydrogen-bond acceptors (Lipinski definition) is 5. The molecule has 8 heteroatoms. The number of amides is 1. The Kier molecular flexibility index (Phi) is 7.87. The van der Waals surface area contributed by atoms with Gasteiger partial charge in [-0.25, -0.2) is 8.42 Å². The molecule has 36 heavy (non-hydrogen) atoms. The lowest BCUT2D eigenvalue weighted by molar-refractivity contribution is 0.102. The van der Waals surface area contributed by atoms with Crippen LogP contribution in [0.2, 0.25) is 0 Å². The minimum Gasteiger partial charge on any atom is -0.490 e. The fraction of sp³-hybridized carbons (Fsp3) is 0.107. The number of para-hydroxylation sites is 2. The Hall–Kier alpha value is -4.30. The fourth-order valence-electron chi connectivity index (χ4n) is 3.41. The molecule has 0 saturated carbocycles. The Bertz CT molecular complexity index is 1390. The third kappa shape index (κ3) is 6.22. The monoisotopic (exact) mass is 502 g/mol. The molecule has 0 aliphatic carbocycles. The number of carbonyl (C=O) groups excluding carboxylic acids is 1. The molecular weight excluding hydrogens is 476 g/mol. The van der Waals surface area contributed by atoms with Gasteiger partial charge in [0.25, 0.3) is 15.9 Å². The van der Waals surface area contributed by atoms with Gasteiger partial charge in [0.1, 0.15) is 24.7 Å². The molecule has 0 bridgehead atoms. The summed E-state index contributed by atoms with van der Waals surface area (Å²) in [6, 6.07) is 31.2. The molecule has 0 aliphatic rings. The number of anilines is 2.